The molecule has 1 aliphatic rings. The summed E-state index contributed by atoms with van der Waals surface area (Å²) < 4.78 is 24.7. The van der Waals surface area contributed by atoms with Crippen molar-refractivity contribution in [3.05, 3.63) is 29.8 Å². The van der Waals surface area contributed by atoms with E-state index in [9.17, 15) is 13.2 Å². The zero-order valence-electron chi connectivity index (χ0n) is 14.8. The van der Waals surface area contributed by atoms with Gasteiger partial charge in [-0.2, -0.15) is 5.26 Å². The first-order chi connectivity index (χ1) is 11.7. The highest BCUT2D eigenvalue weighted by molar-refractivity contribution is 7.88. The predicted octanol–water partition coefficient (Wildman–Crippen LogP) is 1.24. The Morgan fingerprint density at radius 2 is 1.96 bits per heavy atom. The van der Waals surface area contributed by atoms with Crippen molar-refractivity contribution in [2.45, 2.75) is 31.8 Å². The molecular formula is C17H24N4O3S. The van der Waals surface area contributed by atoms with Gasteiger partial charge in [-0.15, -0.1) is 0 Å². The van der Waals surface area contributed by atoms with Gasteiger partial charge in [0.1, 0.15) is 6.07 Å². The van der Waals surface area contributed by atoms with Gasteiger partial charge >= 0.3 is 0 Å². The second-order valence-corrected chi connectivity index (χ2v) is 8.41. The average molecular weight is 364 g/mol. The van der Waals surface area contributed by atoms with E-state index in [1.54, 1.807) is 31.3 Å². The third-order valence-electron chi connectivity index (χ3n) is 4.77. The van der Waals surface area contributed by atoms with Crippen LogP contribution in [0, 0.1) is 11.3 Å². The molecule has 0 spiro atoms. The maximum Gasteiger partial charge on any atom is 0.241 e. The number of nitrogens with zero attached hydrogens (tertiary/aromatic N) is 3. The molecule has 1 atom stereocenters. The Labute approximate surface area is 149 Å². The van der Waals surface area contributed by atoms with Gasteiger partial charge in [-0.3, -0.25) is 9.69 Å². The third-order valence-corrected chi connectivity index (χ3v) is 6.11. The number of hydrogen-bond donors (Lipinski definition) is 1. The van der Waals surface area contributed by atoms with Crippen LogP contribution in [-0.2, 0) is 14.8 Å². The largest absolute Gasteiger partial charge is 0.324 e. The van der Waals surface area contributed by atoms with E-state index in [2.05, 4.69) is 11.4 Å². The standard InChI is InChI=1S/C17H24N4O3S/c1-13(17(22)19-16-7-5-4-6-14(16)12-18)21-10-8-15(9-11-21)20(2)25(3,23)24/h4-7,13,15H,8-11H2,1-3H3,(H,19,22). The summed E-state index contributed by atoms with van der Waals surface area (Å²) in [6.07, 6.45) is 2.59. The molecule has 1 aliphatic heterocycles. The number of likely N-dealkylation sites (tertiary alicyclic amines) is 1. The molecule has 1 heterocycles. The van der Waals surface area contributed by atoms with Gasteiger partial charge in [0.15, 0.2) is 0 Å². The predicted molar refractivity (Wildman–Crippen MR) is 96.5 cm³/mol. The van der Waals surface area contributed by atoms with E-state index in [4.69, 9.17) is 5.26 Å². The van der Waals surface area contributed by atoms with Gasteiger partial charge in [0, 0.05) is 26.2 Å². The molecular weight excluding hydrogens is 340 g/mol. The molecule has 1 fully saturated rings. The van der Waals surface area contributed by atoms with E-state index in [-0.39, 0.29) is 18.0 Å². The highest BCUT2D eigenvalue weighted by Gasteiger charge is 2.31. The van der Waals surface area contributed by atoms with E-state index in [1.807, 2.05) is 11.8 Å². The van der Waals surface area contributed by atoms with Crippen LogP contribution in [0.2, 0.25) is 0 Å². The Morgan fingerprint density at radius 1 is 1.36 bits per heavy atom. The van der Waals surface area contributed by atoms with Crippen molar-refractivity contribution < 1.29 is 13.2 Å². The zero-order valence-corrected chi connectivity index (χ0v) is 15.6. The topological polar surface area (TPSA) is 93.5 Å². The van der Waals surface area contributed by atoms with Crippen LogP contribution in [0.5, 0.6) is 0 Å². The van der Waals surface area contributed by atoms with Gasteiger partial charge < -0.3 is 5.32 Å². The summed E-state index contributed by atoms with van der Waals surface area (Å²) in [5, 5.41) is 11.9. The normalized spacial score (nSPS) is 17.9. The summed E-state index contributed by atoms with van der Waals surface area (Å²) in [7, 11) is -1.60. The fourth-order valence-electron chi connectivity index (χ4n) is 3.00. The molecule has 1 aromatic rings. The minimum absolute atomic E-state index is 0.0270. The van der Waals surface area contributed by atoms with Crippen molar-refractivity contribution >= 4 is 21.6 Å². The summed E-state index contributed by atoms with van der Waals surface area (Å²) in [6, 6.07) is 8.57. The van der Waals surface area contributed by atoms with Gasteiger partial charge in [0.05, 0.1) is 23.5 Å². The molecule has 7 nitrogen and oxygen atoms in total. The number of carbonyl (C=O) groups is 1. The number of nitrogens with one attached hydrogen (secondary N) is 1. The lowest BCUT2D eigenvalue weighted by Crippen LogP contribution is -2.50. The Morgan fingerprint density at radius 3 is 2.52 bits per heavy atom. The molecule has 2 rings (SSSR count). The van der Waals surface area contributed by atoms with Gasteiger partial charge in [0.25, 0.3) is 0 Å². The summed E-state index contributed by atoms with van der Waals surface area (Å²) in [5.41, 5.74) is 0.935. The lowest BCUT2D eigenvalue weighted by molar-refractivity contribution is -0.121. The molecule has 8 heteroatoms. The van der Waals surface area contributed by atoms with E-state index < -0.39 is 10.0 Å². The molecule has 0 saturated carbocycles. The number of amides is 1. The maximum absolute atomic E-state index is 12.5. The zero-order chi connectivity index (χ0) is 18.6. The van der Waals surface area contributed by atoms with Crippen LogP contribution in [0.15, 0.2) is 24.3 Å². The fourth-order valence-corrected chi connectivity index (χ4v) is 3.75. The Hall–Kier alpha value is -1.95. The first-order valence-electron chi connectivity index (χ1n) is 8.21. The highest BCUT2D eigenvalue weighted by atomic mass is 32.2. The molecule has 1 N–H and O–H groups in total. The van der Waals surface area contributed by atoms with Gasteiger partial charge in [-0.1, -0.05) is 12.1 Å². The Kier molecular flexibility index (Phi) is 6.16. The van der Waals surface area contributed by atoms with Crippen LogP contribution in [0.25, 0.3) is 0 Å². The van der Waals surface area contributed by atoms with Crippen molar-refractivity contribution in [3.63, 3.8) is 0 Å². The SMILES string of the molecule is CC(C(=O)Nc1ccccc1C#N)N1CCC(N(C)S(C)(=O)=O)CC1. The van der Waals surface area contributed by atoms with Crippen LogP contribution in [0.3, 0.4) is 0 Å². The number of piperidine rings is 1. The molecule has 0 aromatic heterocycles. The number of hydrogen-bond acceptors (Lipinski definition) is 5. The van der Waals surface area contributed by atoms with E-state index >= 15 is 0 Å². The summed E-state index contributed by atoms with van der Waals surface area (Å²) in [5.74, 6) is -0.169. The number of nitriles is 1. The number of rotatable bonds is 5. The molecule has 0 bridgehead atoms. The van der Waals surface area contributed by atoms with Crippen LogP contribution in [0.1, 0.15) is 25.3 Å². The molecule has 1 unspecified atom stereocenters. The third kappa shape index (κ3) is 4.78. The molecule has 0 aliphatic carbocycles. The van der Waals surface area contributed by atoms with Crippen molar-refractivity contribution in [2.24, 2.45) is 0 Å². The maximum atomic E-state index is 12.5. The minimum atomic E-state index is -3.20. The molecule has 25 heavy (non-hydrogen) atoms. The van der Waals surface area contributed by atoms with E-state index in [0.29, 0.717) is 37.2 Å². The molecule has 1 amide bonds. The van der Waals surface area contributed by atoms with Crippen LogP contribution in [-0.4, -0.2) is 62.0 Å². The quantitative estimate of drug-likeness (QED) is 0.848. The highest BCUT2D eigenvalue weighted by Crippen LogP contribution is 2.20. The number of carbonyl (C=O) groups excluding carboxylic acids is 1. The Bertz CT molecular complexity index is 764. The lowest BCUT2D eigenvalue weighted by atomic mass is 10.0. The van der Waals surface area contributed by atoms with Crippen LogP contribution < -0.4 is 5.32 Å². The fraction of sp³-hybridized carbons (Fsp3) is 0.529. The van der Waals surface area contributed by atoms with Gasteiger partial charge in [-0.05, 0) is 31.9 Å². The number of benzene rings is 1. The molecule has 1 aromatic carbocycles. The van der Waals surface area contributed by atoms with Crippen LogP contribution in [0.4, 0.5) is 5.69 Å². The number of anilines is 1. The van der Waals surface area contributed by atoms with Gasteiger partial charge in [0.2, 0.25) is 15.9 Å². The summed E-state index contributed by atoms with van der Waals surface area (Å²) in [6.45, 7) is 3.13. The number of para-hydroxylation sites is 1. The monoisotopic (exact) mass is 364 g/mol. The lowest BCUT2D eigenvalue weighted by Gasteiger charge is -2.38. The average Bonchev–Trinajstić information content (AvgIpc) is 2.60. The van der Waals surface area contributed by atoms with Crippen LogP contribution >= 0.6 is 0 Å². The van der Waals surface area contributed by atoms with Crippen molar-refractivity contribution in [1.29, 1.82) is 5.26 Å². The summed E-state index contributed by atoms with van der Waals surface area (Å²) in [4.78, 5) is 14.5. The number of sulfonamides is 1. The van der Waals surface area contributed by atoms with E-state index in [1.165, 1.54) is 10.6 Å². The molecule has 136 valence electrons. The van der Waals surface area contributed by atoms with Crippen molar-refractivity contribution in [2.75, 3.05) is 31.7 Å². The summed E-state index contributed by atoms with van der Waals surface area (Å²) >= 11 is 0. The second-order valence-electron chi connectivity index (χ2n) is 6.37. The minimum Gasteiger partial charge on any atom is -0.324 e. The van der Waals surface area contributed by atoms with Gasteiger partial charge in [-0.25, -0.2) is 12.7 Å². The van der Waals surface area contributed by atoms with Crippen molar-refractivity contribution in [1.82, 2.24) is 9.21 Å². The van der Waals surface area contributed by atoms with E-state index in [0.717, 1.165) is 0 Å². The van der Waals surface area contributed by atoms with Crippen molar-refractivity contribution in [3.8, 4) is 6.07 Å². The molecule has 0 radical (unpaired) electrons. The molecule has 1 saturated heterocycles. The second kappa shape index (κ2) is 7.95. The first kappa shape index (κ1) is 19.4. The first-order valence-corrected chi connectivity index (χ1v) is 10.1. The Balaban J connectivity index is 1.95. The smallest absolute Gasteiger partial charge is 0.241 e.